The number of amides is 1. The molecule has 0 heterocycles. The highest BCUT2D eigenvalue weighted by molar-refractivity contribution is 9.10. The molecule has 1 atom stereocenters. The summed E-state index contributed by atoms with van der Waals surface area (Å²) >= 11 is 4.83. The van der Waals surface area contributed by atoms with Crippen molar-refractivity contribution in [3.8, 4) is 0 Å². The van der Waals surface area contributed by atoms with Crippen LogP contribution in [0.3, 0.4) is 0 Å². The van der Waals surface area contributed by atoms with E-state index in [0.29, 0.717) is 12.1 Å². The third-order valence-corrected chi connectivity index (χ3v) is 5.60. The number of thioether (sulfide) groups is 1. The maximum absolute atomic E-state index is 12.9. The second-order valence-electron chi connectivity index (χ2n) is 5.53. The summed E-state index contributed by atoms with van der Waals surface area (Å²) in [7, 11) is 3.13. The maximum Gasteiger partial charge on any atom is 0.318 e. The molecular formula is C19H20BrNO3S. The van der Waals surface area contributed by atoms with Crippen molar-refractivity contribution in [2.45, 2.75) is 23.6 Å². The molecule has 6 heteroatoms. The van der Waals surface area contributed by atoms with Crippen molar-refractivity contribution in [1.82, 2.24) is 4.90 Å². The molecule has 0 bridgehead atoms. The van der Waals surface area contributed by atoms with Gasteiger partial charge in [-0.1, -0.05) is 46.3 Å². The van der Waals surface area contributed by atoms with E-state index in [9.17, 15) is 9.59 Å². The van der Waals surface area contributed by atoms with Crippen molar-refractivity contribution in [3.05, 3.63) is 64.1 Å². The lowest BCUT2D eigenvalue weighted by atomic mass is 10.1. The molecule has 132 valence electrons. The minimum absolute atomic E-state index is 0.0871. The highest BCUT2D eigenvalue weighted by Gasteiger charge is 2.21. The molecule has 0 saturated carbocycles. The largest absolute Gasteiger partial charge is 0.468 e. The Morgan fingerprint density at radius 2 is 1.80 bits per heavy atom. The van der Waals surface area contributed by atoms with E-state index in [-0.39, 0.29) is 17.1 Å². The molecule has 0 aromatic heterocycles. The Morgan fingerprint density at radius 1 is 1.16 bits per heavy atom. The lowest BCUT2D eigenvalue weighted by Gasteiger charge is -2.20. The highest BCUT2D eigenvalue weighted by Crippen LogP contribution is 2.28. The summed E-state index contributed by atoms with van der Waals surface area (Å²) in [4.78, 5) is 27.0. The van der Waals surface area contributed by atoms with E-state index in [2.05, 4.69) is 15.9 Å². The van der Waals surface area contributed by atoms with Crippen LogP contribution in [-0.2, 0) is 16.1 Å². The molecule has 0 aliphatic heterocycles. The number of hydrogen-bond acceptors (Lipinski definition) is 4. The normalized spacial score (nSPS) is 11.7. The van der Waals surface area contributed by atoms with E-state index in [4.69, 9.17) is 4.74 Å². The van der Waals surface area contributed by atoms with Crippen molar-refractivity contribution >= 4 is 39.6 Å². The first-order valence-electron chi connectivity index (χ1n) is 7.76. The number of esters is 1. The Labute approximate surface area is 160 Å². The molecule has 2 aromatic rings. The van der Waals surface area contributed by atoms with Gasteiger partial charge in [0.2, 0.25) is 0 Å². The second kappa shape index (κ2) is 9.06. The SMILES string of the molecule is COC(=O)C(C)Sc1ccccc1C(=O)N(C)Cc1ccccc1Br. The lowest BCUT2D eigenvalue weighted by molar-refractivity contribution is -0.139. The Morgan fingerprint density at radius 3 is 2.48 bits per heavy atom. The van der Waals surface area contributed by atoms with Gasteiger partial charge < -0.3 is 9.64 Å². The number of nitrogens with zero attached hydrogens (tertiary/aromatic N) is 1. The molecule has 25 heavy (non-hydrogen) atoms. The molecule has 1 amide bonds. The third-order valence-electron chi connectivity index (χ3n) is 3.67. The molecule has 0 fully saturated rings. The third kappa shape index (κ3) is 5.09. The van der Waals surface area contributed by atoms with E-state index < -0.39 is 0 Å². The number of methoxy groups -OCH3 is 1. The second-order valence-corrected chi connectivity index (χ2v) is 7.77. The molecule has 0 aliphatic rings. The van der Waals surface area contributed by atoms with Gasteiger partial charge in [0.05, 0.1) is 12.7 Å². The van der Waals surface area contributed by atoms with E-state index >= 15 is 0 Å². The average molecular weight is 422 g/mol. The molecule has 0 spiro atoms. The van der Waals surface area contributed by atoms with Gasteiger partial charge in [-0.05, 0) is 30.7 Å². The van der Waals surface area contributed by atoms with Crippen molar-refractivity contribution in [3.63, 3.8) is 0 Å². The molecule has 0 aliphatic carbocycles. The fourth-order valence-corrected chi connectivity index (χ4v) is 3.73. The van der Waals surface area contributed by atoms with Crippen LogP contribution in [0.5, 0.6) is 0 Å². The first kappa shape index (κ1) is 19.5. The Kier molecular flexibility index (Phi) is 7.08. The van der Waals surface area contributed by atoms with Crippen molar-refractivity contribution in [2.75, 3.05) is 14.2 Å². The summed E-state index contributed by atoms with van der Waals surface area (Å²) in [5.41, 5.74) is 1.62. The predicted molar refractivity (Wildman–Crippen MR) is 104 cm³/mol. The predicted octanol–water partition coefficient (Wildman–Crippen LogP) is 4.37. The van der Waals surface area contributed by atoms with Crippen LogP contribution in [0.15, 0.2) is 57.9 Å². The number of ether oxygens (including phenoxy) is 1. The van der Waals surface area contributed by atoms with Crippen LogP contribution in [0.1, 0.15) is 22.8 Å². The van der Waals surface area contributed by atoms with Crippen LogP contribution < -0.4 is 0 Å². The molecule has 2 aromatic carbocycles. The zero-order valence-electron chi connectivity index (χ0n) is 14.4. The Hall–Kier alpha value is -1.79. The van der Waals surface area contributed by atoms with Crippen molar-refractivity contribution in [1.29, 1.82) is 0 Å². The number of benzene rings is 2. The van der Waals surface area contributed by atoms with Crippen LogP contribution >= 0.6 is 27.7 Å². The van der Waals surface area contributed by atoms with Gasteiger partial charge in [-0.15, -0.1) is 11.8 Å². The van der Waals surface area contributed by atoms with Crippen LogP contribution in [-0.4, -0.2) is 36.2 Å². The molecule has 4 nitrogen and oxygen atoms in total. The number of hydrogen-bond donors (Lipinski definition) is 0. The van der Waals surface area contributed by atoms with Gasteiger partial charge in [-0.25, -0.2) is 0 Å². The smallest absolute Gasteiger partial charge is 0.318 e. The molecule has 0 saturated heterocycles. The molecule has 1 unspecified atom stereocenters. The topological polar surface area (TPSA) is 46.6 Å². The summed E-state index contributed by atoms with van der Waals surface area (Å²) in [6, 6.07) is 15.1. The average Bonchev–Trinajstić information content (AvgIpc) is 2.62. The van der Waals surface area contributed by atoms with Crippen LogP contribution in [0, 0.1) is 0 Å². The summed E-state index contributed by atoms with van der Waals surface area (Å²) in [6.45, 7) is 2.26. The Bertz CT molecular complexity index is 766. The lowest BCUT2D eigenvalue weighted by Crippen LogP contribution is -2.27. The standard InChI is InChI=1S/C19H20BrNO3S/c1-13(19(23)24-3)25-17-11-7-5-9-15(17)18(22)21(2)12-14-8-4-6-10-16(14)20/h4-11,13H,12H2,1-3H3. The minimum atomic E-state index is -0.382. The number of halogens is 1. The molecular weight excluding hydrogens is 402 g/mol. The van der Waals surface area contributed by atoms with Gasteiger partial charge in [0.15, 0.2) is 0 Å². The summed E-state index contributed by atoms with van der Waals surface area (Å²) < 4.78 is 5.73. The zero-order chi connectivity index (χ0) is 18.4. The Balaban J connectivity index is 2.18. The van der Waals surface area contributed by atoms with Crippen LogP contribution in [0.4, 0.5) is 0 Å². The monoisotopic (exact) mass is 421 g/mol. The minimum Gasteiger partial charge on any atom is -0.468 e. The number of carbonyl (C=O) groups excluding carboxylic acids is 2. The first-order valence-corrected chi connectivity index (χ1v) is 9.43. The van der Waals surface area contributed by atoms with E-state index in [1.54, 1.807) is 24.9 Å². The van der Waals surface area contributed by atoms with Gasteiger partial charge in [0.1, 0.15) is 5.25 Å². The zero-order valence-corrected chi connectivity index (χ0v) is 16.8. The molecule has 0 radical (unpaired) electrons. The molecule has 0 N–H and O–H groups in total. The quantitative estimate of drug-likeness (QED) is 0.512. The fourth-order valence-electron chi connectivity index (χ4n) is 2.31. The number of carbonyl (C=O) groups is 2. The van der Waals surface area contributed by atoms with Crippen molar-refractivity contribution in [2.24, 2.45) is 0 Å². The first-order chi connectivity index (χ1) is 11.9. The van der Waals surface area contributed by atoms with Crippen LogP contribution in [0.25, 0.3) is 0 Å². The van der Waals surface area contributed by atoms with Gasteiger partial charge in [0, 0.05) is 23.0 Å². The van der Waals surface area contributed by atoms with Gasteiger partial charge in [-0.2, -0.15) is 0 Å². The van der Waals surface area contributed by atoms with Gasteiger partial charge in [0.25, 0.3) is 5.91 Å². The number of rotatable bonds is 6. The fraction of sp³-hybridized carbons (Fsp3) is 0.263. The summed E-state index contributed by atoms with van der Waals surface area (Å²) in [5.74, 6) is -0.398. The van der Waals surface area contributed by atoms with Gasteiger partial charge >= 0.3 is 5.97 Å². The summed E-state index contributed by atoms with van der Waals surface area (Å²) in [5, 5.41) is -0.382. The van der Waals surface area contributed by atoms with Crippen LogP contribution in [0.2, 0.25) is 0 Å². The van der Waals surface area contributed by atoms with E-state index in [1.165, 1.54) is 18.9 Å². The van der Waals surface area contributed by atoms with Gasteiger partial charge in [-0.3, -0.25) is 9.59 Å². The van der Waals surface area contributed by atoms with E-state index in [1.807, 2.05) is 42.5 Å². The molecule has 2 rings (SSSR count). The van der Waals surface area contributed by atoms with Crippen molar-refractivity contribution < 1.29 is 14.3 Å². The summed E-state index contributed by atoms with van der Waals surface area (Å²) in [6.07, 6.45) is 0. The highest BCUT2D eigenvalue weighted by atomic mass is 79.9. The van der Waals surface area contributed by atoms with E-state index in [0.717, 1.165) is 14.9 Å². The maximum atomic E-state index is 12.9.